The molecule has 1 heterocycles. The standard InChI is InChI=1S/C20H23ClN2O4/c1-25-17-11-18(26-2)13-19(12-17)27-14-20(24)23-8-6-22(7-9-23)16-5-3-4-15(21)10-16/h3-5,10-13H,6-9,14H2,1-2H3. The fourth-order valence-electron chi connectivity index (χ4n) is 2.99. The van der Waals surface area contributed by atoms with Crippen LogP contribution in [0.3, 0.4) is 0 Å². The Labute approximate surface area is 164 Å². The van der Waals surface area contributed by atoms with Crippen LogP contribution in [0.1, 0.15) is 0 Å². The number of halogens is 1. The first-order valence-corrected chi connectivity index (χ1v) is 9.11. The molecule has 27 heavy (non-hydrogen) atoms. The Hall–Kier alpha value is -2.60. The molecular formula is C20H23ClN2O4. The number of ether oxygens (including phenoxy) is 3. The second kappa shape index (κ2) is 8.86. The molecule has 1 saturated heterocycles. The lowest BCUT2D eigenvalue weighted by molar-refractivity contribution is -0.133. The molecule has 0 N–H and O–H groups in total. The minimum atomic E-state index is -0.0393. The van der Waals surface area contributed by atoms with Gasteiger partial charge >= 0.3 is 0 Å². The molecule has 0 spiro atoms. The van der Waals surface area contributed by atoms with Gasteiger partial charge in [0.25, 0.3) is 5.91 Å². The normalized spacial score (nSPS) is 14.0. The molecule has 0 unspecified atom stereocenters. The largest absolute Gasteiger partial charge is 0.496 e. The summed E-state index contributed by atoms with van der Waals surface area (Å²) >= 11 is 6.06. The molecule has 144 valence electrons. The Morgan fingerprint density at radius 3 is 2.19 bits per heavy atom. The van der Waals surface area contributed by atoms with Crippen LogP contribution in [0.15, 0.2) is 42.5 Å². The summed E-state index contributed by atoms with van der Waals surface area (Å²) in [5.74, 6) is 1.73. The molecule has 1 amide bonds. The van der Waals surface area contributed by atoms with Gasteiger partial charge in [-0.2, -0.15) is 0 Å². The van der Waals surface area contributed by atoms with E-state index >= 15 is 0 Å². The van der Waals surface area contributed by atoms with Crippen molar-refractivity contribution in [3.05, 3.63) is 47.5 Å². The summed E-state index contributed by atoms with van der Waals surface area (Å²) in [5.41, 5.74) is 1.08. The molecule has 2 aromatic rings. The first-order chi connectivity index (χ1) is 13.1. The van der Waals surface area contributed by atoms with Crippen LogP contribution in [0, 0.1) is 0 Å². The van der Waals surface area contributed by atoms with Crippen molar-refractivity contribution in [2.45, 2.75) is 0 Å². The van der Waals surface area contributed by atoms with E-state index in [-0.39, 0.29) is 12.5 Å². The van der Waals surface area contributed by atoms with Crippen molar-refractivity contribution < 1.29 is 19.0 Å². The number of amides is 1. The lowest BCUT2D eigenvalue weighted by Crippen LogP contribution is -2.50. The number of rotatable bonds is 6. The molecule has 3 rings (SSSR count). The van der Waals surface area contributed by atoms with Crippen LogP contribution in [-0.4, -0.2) is 57.8 Å². The van der Waals surface area contributed by atoms with Crippen molar-refractivity contribution in [2.75, 3.05) is 51.9 Å². The van der Waals surface area contributed by atoms with Gasteiger partial charge in [0, 0.05) is 55.1 Å². The van der Waals surface area contributed by atoms with Crippen molar-refractivity contribution in [2.24, 2.45) is 0 Å². The number of anilines is 1. The van der Waals surface area contributed by atoms with Gasteiger partial charge in [-0.15, -0.1) is 0 Å². The van der Waals surface area contributed by atoms with E-state index in [1.807, 2.05) is 29.2 Å². The van der Waals surface area contributed by atoms with Crippen molar-refractivity contribution >= 4 is 23.2 Å². The van der Waals surface area contributed by atoms with Crippen molar-refractivity contribution in [3.8, 4) is 17.2 Å². The van der Waals surface area contributed by atoms with Gasteiger partial charge in [-0.3, -0.25) is 4.79 Å². The Balaban J connectivity index is 1.53. The average Bonchev–Trinajstić information content (AvgIpc) is 2.71. The number of carbonyl (C=O) groups is 1. The minimum absolute atomic E-state index is 0.0204. The Morgan fingerprint density at radius 1 is 0.963 bits per heavy atom. The second-order valence-corrected chi connectivity index (χ2v) is 6.62. The summed E-state index contributed by atoms with van der Waals surface area (Å²) < 4.78 is 16.1. The average molecular weight is 391 g/mol. The third-order valence-electron chi connectivity index (χ3n) is 4.49. The Kier molecular flexibility index (Phi) is 6.29. The topological polar surface area (TPSA) is 51.2 Å². The maximum atomic E-state index is 12.5. The molecule has 0 radical (unpaired) electrons. The number of benzene rings is 2. The SMILES string of the molecule is COc1cc(OC)cc(OCC(=O)N2CCN(c3cccc(Cl)c3)CC2)c1. The van der Waals surface area contributed by atoms with Crippen LogP contribution in [0.25, 0.3) is 0 Å². The van der Waals surface area contributed by atoms with Gasteiger partial charge in [0.15, 0.2) is 6.61 Å². The molecule has 1 aliphatic rings. The highest BCUT2D eigenvalue weighted by atomic mass is 35.5. The summed E-state index contributed by atoms with van der Waals surface area (Å²) in [5, 5.41) is 0.716. The van der Waals surface area contributed by atoms with Crippen molar-refractivity contribution in [3.63, 3.8) is 0 Å². The van der Waals surface area contributed by atoms with Crippen molar-refractivity contribution in [1.82, 2.24) is 4.90 Å². The maximum absolute atomic E-state index is 12.5. The minimum Gasteiger partial charge on any atom is -0.496 e. The third kappa shape index (κ3) is 4.98. The summed E-state index contributed by atoms with van der Waals surface area (Å²) in [6, 6.07) is 13.0. The van der Waals surface area contributed by atoms with Crippen LogP contribution >= 0.6 is 11.6 Å². The lowest BCUT2D eigenvalue weighted by Gasteiger charge is -2.36. The molecule has 6 nitrogen and oxygen atoms in total. The van der Waals surface area contributed by atoms with Crippen molar-refractivity contribution in [1.29, 1.82) is 0 Å². The zero-order chi connectivity index (χ0) is 19.2. The summed E-state index contributed by atoms with van der Waals surface area (Å²) in [7, 11) is 3.15. The van der Waals surface area contributed by atoms with Gasteiger partial charge < -0.3 is 24.0 Å². The van der Waals surface area contributed by atoms with E-state index in [1.54, 1.807) is 32.4 Å². The first-order valence-electron chi connectivity index (χ1n) is 8.73. The van der Waals surface area contributed by atoms with Crippen LogP contribution < -0.4 is 19.1 Å². The molecule has 0 aromatic heterocycles. The predicted octanol–water partition coefficient (Wildman–Crippen LogP) is 3.08. The van der Waals surface area contributed by atoms with Gasteiger partial charge in [0.2, 0.25) is 0 Å². The van der Waals surface area contributed by atoms with E-state index in [0.29, 0.717) is 35.4 Å². The van der Waals surface area contributed by atoms with Crippen LogP contribution in [0.4, 0.5) is 5.69 Å². The smallest absolute Gasteiger partial charge is 0.260 e. The van der Waals surface area contributed by atoms with E-state index in [4.69, 9.17) is 25.8 Å². The van der Waals surface area contributed by atoms with E-state index in [2.05, 4.69) is 4.90 Å². The van der Waals surface area contributed by atoms with E-state index in [0.717, 1.165) is 18.8 Å². The van der Waals surface area contributed by atoms with Crippen LogP contribution in [0.5, 0.6) is 17.2 Å². The number of piperazine rings is 1. The number of methoxy groups -OCH3 is 2. The molecule has 0 atom stereocenters. The lowest BCUT2D eigenvalue weighted by atomic mass is 10.2. The van der Waals surface area contributed by atoms with Gasteiger partial charge in [0.05, 0.1) is 14.2 Å². The molecule has 0 saturated carbocycles. The Morgan fingerprint density at radius 2 is 1.59 bits per heavy atom. The predicted molar refractivity (Wildman–Crippen MR) is 105 cm³/mol. The third-order valence-corrected chi connectivity index (χ3v) is 4.73. The second-order valence-electron chi connectivity index (χ2n) is 6.18. The fourth-order valence-corrected chi connectivity index (χ4v) is 3.17. The maximum Gasteiger partial charge on any atom is 0.260 e. The number of hydrogen-bond acceptors (Lipinski definition) is 5. The summed E-state index contributed by atoms with van der Waals surface area (Å²) in [4.78, 5) is 16.5. The van der Waals surface area contributed by atoms with Gasteiger partial charge in [-0.25, -0.2) is 0 Å². The van der Waals surface area contributed by atoms with E-state index in [1.165, 1.54) is 0 Å². The van der Waals surface area contributed by atoms with Gasteiger partial charge in [0.1, 0.15) is 17.2 Å². The first kappa shape index (κ1) is 19.2. The summed E-state index contributed by atoms with van der Waals surface area (Å²) in [6.45, 7) is 2.80. The monoisotopic (exact) mass is 390 g/mol. The highest BCUT2D eigenvalue weighted by molar-refractivity contribution is 6.30. The molecule has 0 aliphatic carbocycles. The quantitative estimate of drug-likeness (QED) is 0.758. The highest BCUT2D eigenvalue weighted by Gasteiger charge is 2.22. The zero-order valence-electron chi connectivity index (χ0n) is 15.5. The Bertz CT molecular complexity index is 769. The number of nitrogens with zero attached hydrogens (tertiary/aromatic N) is 2. The van der Waals surface area contributed by atoms with Gasteiger partial charge in [-0.1, -0.05) is 17.7 Å². The number of hydrogen-bond donors (Lipinski definition) is 0. The van der Waals surface area contributed by atoms with Gasteiger partial charge in [-0.05, 0) is 18.2 Å². The van der Waals surface area contributed by atoms with Crippen LogP contribution in [-0.2, 0) is 4.79 Å². The highest BCUT2D eigenvalue weighted by Crippen LogP contribution is 2.27. The molecule has 0 bridgehead atoms. The molecule has 1 fully saturated rings. The zero-order valence-corrected chi connectivity index (χ0v) is 16.2. The number of carbonyl (C=O) groups excluding carboxylic acids is 1. The van der Waals surface area contributed by atoms with E-state index in [9.17, 15) is 4.79 Å². The molecule has 2 aromatic carbocycles. The molecular weight excluding hydrogens is 368 g/mol. The molecule has 1 aliphatic heterocycles. The molecule has 7 heteroatoms. The fraction of sp³-hybridized carbons (Fsp3) is 0.350. The van der Waals surface area contributed by atoms with Crippen LogP contribution in [0.2, 0.25) is 5.02 Å². The van der Waals surface area contributed by atoms with E-state index < -0.39 is 0 Å². The summed E-state index contributed by atoms with van der Waals surface area (Å²) in [6.07, 6.45) is 0.